The van der Waals surface area contributed by atoms with Gasteiger partial charge in [0.05, 0.1) is 18.1 Å². The Hall–Kier alpha value is -2.26. The lowest BCUT2D eigenvalue weighted by Gasteiger charge is -2.26. The second-order valence-corrected chi connectivity index (χ2v) is 10.3. The maximum Gasteiger partial charge on any atom is 0.251 e. The maximum atomic E-state index is 12.7. The van der Waals surface area contributed by atoms with E-state index < -0.39 is 10.0 Å². The molecule has 0 spiro atoms. The first kappa shape index (κ1) is 22.9. The minimum Gasteiger partial charge on any atom is -0.379 e. The van der Waals surface area contributed by atoms with E-state index in [2.05, 4.69) is 22.3 Å². The van der Waals surface area contributed by atoms with Crippen LogP contribution in [0, 0.1) is 0 Å². The Bertz CT molecular complexity index is 1010. The molecule has 0 atom stereocenters. The van der Waals surface area contributed by atoms with Gasteiger partial charge in [-0.15, -0.1) is 0 Å². The zero-order valence-corrected chi connectivity index (χ0v) is 19.1. The highest BCUT2D eigenvalue weighted by molar-refractivity contribution is 7.89. The Morgan fingerprint density at radius 2 is 1.59 bits per heavy atom. The van der Waals surface area contributed by atoms with Crippen molar-refractivity contribution in [1.82, 2.24) is 14.5 Å². The Kier molecular flexibility index (Phi) is 7.57. The largest absolute Gasteiger partial charge is 0.379 e. The van der Waals surface area contributed by atoms with Crippen LogP contribution in [-0.2, 0) is 27.8 Å². The van der Waals surface area contributed by atoms with Crippen LogP contribution < -0.4 is 5.32 Å². The van der Waals surface area contributed by atoms with Gasteiger partial charge in [-0.3, -0.25) is 9.69 Å². The standard InChI is InChI=1S/C24H31N3O4S/c28-24(22-7-9-23(10-8-22)32(29,30)27-13-15-31-16-14-27)25-18-20-5-4-6-21(17-20)19-26-11-2-1-3-12-26/h4-10,17H,1-3,11-16,18-19H2,(H,25,28). The van der Waals surface area contributed by atoms with E-state index in [9.17, 15) is 13.2 Å². The predicted octanol–water partition coefficient (Wildman–Crippen LogP) is 2.62. The van der Waals surface area contributed by atoms with Gasteiger partial charge in [-0.05, 0) is 61.3 Å². The van der Waals surface area contributed by atoms with Crippen molar-refractivity contribution in [1.29, 1.82) is 0 Å². The molecule has 2 aromatic rings. The van der Waals surface area contributed by atoms with Crippen molar-refractivity contribution in [3.05, 3.63) is 65.2 Å². The molecule has 2 aliphatic rings. The summed E-state index contributed by atoms with van der Waals surface area (Å²) in [4.78, 5) is 15.3. The van der Waals surface area contributed by atoms with E-state index in [1.165, 1.54) is 41.3 Å². The van der Waals surface area contributed by atoms with Crippen molar-refractivity contribution in [3.63, 3.8) is 0 Å². The fraction of sp³-hybridized carbons (Fsp3) is 0.458. The molecule has 0 bridgehead atoms. The summed E-state index contributed by atoms with van der Waals surface area (Å²) in [5.41, 5.74) is 2.76. The molecular weight excluding hydrogens is 426 g/mol. The van der Waals surface area contributed by atoms with Gasteiger partial charge in [0.15, 0.2) is 0 Å². The van der Waals surface area contributed by atoms with Crippen molar-refractivity contribution < 1.29 is 17.9 Å². The molecule has 172 valence electrons. The number of piperidine rings is 1. The molecule has 1 N–H and O–H groups in total. The number of amides is 1. The average Bonchev–Trinajstić information content (AvgIpc) is 2.84. The number of carbonyl (C=O) groups excluding carboxylic acids is 1. The lowest BCUT2D eigenvalue weighted by molar-refractivity contribution is 0.0730. The van der Waals surface area contributed by atoms with Gasteiger partial charge >= 0.3 is 0 Å². The molecule has 0 saturated carbocycles. The number of hydrogen-bond acceptors (Lipinski definition) is 5. The second kappa shape index (κ2) is 10.6. The molecule has 2 saturated heterocycles. The molecule has 1 amide bonds. The number of benzene rings is 2. The Balaban J connectivity index is 1.33. The van der Waals surface area contributed by atoms with Crippen molar-refractivity contribution in [3.8, 4) is 0 Å². The molecule has 0 radical (unpaired) electrons. The van der Waals surface area contributed by atoms with Crippen LogP contribution in [0.3, 0.4) is 0 Å². The number of likely N-dealkylation sites (tertiary alicyclic amines) is 1. The summed E-state index contributed by atoms with van der Waals surface area (Å²) < 4.78 is 32.1. The van der Waals surface area contributed by atoms with Crippen LogP contribution in [0.2, 0.25) is 0 Å². The van der Waals surface area contributed by atoms with Crippen molar-refractivity contribution in [2.24, 2.45) is 0 Å². The van der Waals surface area contributed by atoms with E-state index in [4.69, 9.17) is 4.74 Å². The van der Waals surface area contributed by atoms with Gasteiger partial charge in [0, 0.05) is 31.7 Å². The monoisotopic (exact) mass is 457 g/mol. The van der Waals surface area contributed by atoms with Gasteiger partial charge in [0.25, 0.3) is 5.91 Å². The number of sulfonamides is 1. The van der Waals surface area contributed by atoms with Crippen LogP contribution >= 0.6 is 0 Å². The molecule has 2 aromatic carbocycles. The molecule has 32 heavy (non-hydrogen) atoms. The van der Waals surface area contributed by atoms with Crippen LogP contribution in [0.25, 0.3) is 0 Å². The quantitative estimate of drug-likeness (QED) is 0.692. The van der Waals surface area contributed by atoms with E-state index in [0.29, 0.717) is 38.4 Å². The first-order chi connectivity index (χ1) is 15.5. The minimum atomic E-state index is -3.56. The molecule has 7 nitrogen and oxygen atoms in total. The van der Waals surface area contributed by atoms with E-state index in [1.807, 2.05) is 12.1 Å². The van der Waals surface area contributed by atoms with Crippen LogP contribution in [0.5, 0.6) is 0 Å². The number of ether oxygens (including phenoxy) is 1. The van der Waals surface area contributed by atoms with Crippen LogP contribution in [-0.4, -0.2) is 62.9 Å². The van der Waals surface area contributed by atoms with Crippen molar-refractivity contribution >= 4 is 15.9 Å². The van der Waals surface area contributed by atoms with E-state index in [1.54, 1.807) is 12.1 Å². The average molecular weight is 458 g/mol. The lowest BCUT2D eigenvalue weighted by Crippen LogP contribution is -2.40. The predicted molar refractivity (Wildman–Crippen MR) is 123 cm³/mol. The number of nitrogens with one attached hydrogen (secondary N) is 1. The van der Waals surface area contributed by atoms with Gasteiger partial charge in [-0.25, -0.2) is 8.42 Å². The van der Waals surface area contributed by atoms with E-state index in [0.717, 1.165) is 25.2 Å². The minimum absolute atomic E-state index is 0.196. The molecular formula is C24H31N3O4S. The van der Waals surface area contributed by atoms with Gasteiger partial charge < -0.3 is 10.1 Å². The zero-order chi connectivity index (χ0) is 22.4. The summed E-state index contributed by atoms with van der Waals surface area (Å²) in [7, 11) is -3.56. The Labute approximate surface area is 190 Å². The molecule has 2 aliphatic heterocycles. The SMILES string of the molecule is O=C(NCc1cccc(CN2CCCCC2)c1)c1ccc(S(=O)(=O)N2CCOCC2)cc1. The number of nitrogens with zero attached hydrogens (tertiary/aromatic N) is 2. The molecule has 4 rings (SSSR count). The fourth-order valence-corrected chi connectivity index (χ4v) is 5.62. The third-order valence-electron chi connectivity index (χ3n) is 6.02. The lowest BCUT2D eigenvalue weighted by atomic mass is 10.1. The summed E-state index contributed by atoms with van der Waals surface area (Å²) in [5, 5.41) is 2.94. The number of rotatable bonds is 7. The van der Waals surface area contributed by atoms with Gasteiger partial charge in [-0.1, -0.05) is 30.7 Å². The first-order valence-electron chi connectivity index (χ1n) is 11.3. The third kappa shape index (κ3) is 5.75. The smallest absolute Gasteiger partial charge is 0.251 e. The summed E-state index contributed by atoms with van der Waals surface area (Å²) >= 11 is 0. The summed E-state index contributed by atoms with van der Waals surface area (Å²) in [6, 6.07) is 14.5. The van der Waals surface area contributed by atoms with E-state index in [-0.39, 0.29) is 10.8 Å². The van der Waals surface area contributed by atoms with Gasteiger partial charge in [-0.2, -0.15) is 4.31 Å². The molecule has 0 aromatic heterocycles. The molecule has 0 aliphatic carbocycles. The molecule has 8 heteroatoms. The molecule has 0 unspecified atom stereocenters. The van der Waals surface area contributed by atoms with Gasteiger partial charge in [0.2, 0.25) is 10.0 Å². The number of hydrogen-bond donors (Lipinski definition) is 1. The molecule has 2 heterocycles. The Morgan fingerprint density at radius 3 is 2.31 bits per heavy atom. The van der Waals surface area contributed by atoms with Crippen molar-refractivity contribution in [2.75, 3.05) is 39.4 Å². The highest BCUT2D eigenvalue weighted by Crippen LogP contribution is 2.18. The normalized spacial score (nSPS) is 18.4. The van der Waals surface area contributed by atoms with Crippen LogP contribution in [0.15, 0.2) is 53.4 Å². The van der Waals surface area contributed by atoms with Crippen LogP contribution in [0.4, 0.5) is 0 Å². The van der Waals surface area contributed by atoms with E-state index >= 15 is 0 Å². The topological polar surface area (TPSA) is 79.0 Å². The second-order valence-electron chi connectivity index (χ2n) is 8.38. The highest BCUT2D eigenvalue weighted by atomic mass is 32.2. The molecule has 2 fully saturated rings. The summed E-state index contributed by atoms with van der Waals surface area (Å²) in [6.07, 6.45) is 3.85. The Morgan fingerprint density at radius 1 is 0.906 bits per heavy atom. The zero-order valence-electron chi connectivity index (χ0n) is 18.3. The number of carbonyl (C=O) groups is 1. The van der Waals surface area contributed by atoms with Crippen molar-refractivity contribution in [2.45, 2.75) is 37.2 Å². The highest BCUT2D eigenvalue weighted by Gasteiger charge is 2.26. The van der Waals surface area contributed by atoms with Gasteiger partial charge in [0.1, 0.15) is 0 Å². The van der Waals surface area contributed by atoms with Crippen LogP contribution in [0.1, 0.15) is 40.7 Å². The number of morpholine rings is 1. The third-order valence-corrected chi connectivity index (χ3v) is 7.94. The summed E-state index contributed by atoms with van der Waals surface area (Å²) in [5.74, 6) is -0.221. The fourth-order valence-electron chi connectivity index (χ4n) is 4.21. The first-order valence-corrected chi connectivity index (χ1v) is 12.7. The summed E-state index contributed by atoms with van der Waals surface area (Å²) in [6.45, 7) is 5.18. The maximum absolute atomic E-state index is 12.7.